The molecule has 2 atom stereocenters. The Hall–Kier alpha value is -1.35. The second-order valence-electron chi connectivity index (χ2n) is 5.22. The van der Waals surface area contributed by atoms with Crippen LogP contribution in [0.4, 0.5) is 0 Å². The van der Waals surface area contributed by atoms with Crippen LogP contribution in [0.3, 0.4) is 0 Å². The smallest absolute Gasteiger partial charge is 0.325 e. The Bertz CT molecular complexity index is 391. The van der Waals surface area contributed by atoms with Crippen LogP contribution in [0.2, 0.25) is 0 Å². The molecule has 1 N–H and O–H groups in total. The predicted octanol–water partition coefficient (Wildman–Crippen LogP) is 2.93. The molecule has 1 fully saturated rings. The van der Waals surface area contributed by atoms with Crippen LogP contribution in [-0.4, -0.2) is 29.1 Å². The molecule has 0 spiro atoms. The second-order valence-corrected chi connectivity index (χ2v) is 5.22. The molecule has 3 heteroatoms. The van der Waals surface area contributed by atoms with Crippen LogP contribution in [0.15, 0.2) is 30.3 Å². The Kier molecular flexibility index (Phi) is 4.37. The van der Waals surface area contributed by atoms with E-state index in [-0.39, 0.29) is 0 Å². The molecule has 3 nitrogen and oxygen atoms in total. The molecule has 0 saturated carbocycles. The first-order valence-corrected chi connectivity index (χ1v) is 6.70. The zero-order valence-electron chi connectivity index (χ0n) is 10.9. The first-order chi connectivity index (χ1) is 8.68. The lowest BCUT2D eigenvalue weighted by atomic mass is 10.0. The van der Waals surface area contributed by atoms with Gasteiger partial charge in [0.25, 0.3) is 0 Å². The van der Waals surface area contributed by atoms with Gasteiger partial charge in [0.05, 0.1) is 0 Å². The van der Waals surface area contributed by atoms with Crippen molar-refractivity contribution in [3.63, 3.8) is 0 Å². The van der Waals surface area contributed by atoms with E-state index in [0.29, 0.717) is 5.92 Å². The number of carbonyl (C=O) groups is 1. The van der Waals surface area contributed by atoms with E-state index < -0.39 is 12.0 Å². The lowest BCUT2D eigenvalue weighted by molar-refractivity contribution is -0.143. The normalized spacial score (nSPS) is 23.3. The first kappa shape index (κ1) is 13.1. The van der Waals surface area contributed by atoms with E-state index in [4.69, 9.17) is 0 Å². The molecule has 1 aliphatic heterocycles. The van der Waals surface area contributed by atoms with E-state index in [9.17, 15) is 9.90 Å². The largest absolute Gasteiger partial charge is 0.480 e. The van der Waals surface area contributed by atoms with Crippen LogP contribution < -0.4 is 0 Å². The Balaban J connectivity index is 2.17. The highest BCUT2D eigenvalue weighted by Gasteiger charge is 2.28. The molecular formula is C15H21NO2. The number of nitrogens with zero attached hydrogens (tertiary/aromatic N) is 1. The van der Waals surface area contributed by atoms with Gasteiger partial charge >= 0.3 is 5.97 Å². The molecular weight excluding hydrogens is 226 g/mol. The summed E-state index contributed by atoms with van der Waals surface area (Å²) in [6.45, 7) is 4.02. The van der Waals surface area contributed by atoms with Crippen molar-refractivity contribution in [3.8, 4) is 0 Å². The van der Waals surface area contributed by atoms with Crippen LogP contribution in [0, 0.1) is 5.92 Å². The van der Waals surface area contributed by atoms with Crippen LogP contribution in [0.5, 0.6) is 0 Å². The Labute approximate surface area is 108 Å². The zero-order chi connectivity index (χ0) is 13.0. The molecule has 2 unspecified atom stereocenters. The fourth-order valence-electron chi connectivity index (χ4n) is 2.69. The van der Waals surface area contributed by atoms with Gasteiger partial charge in [0.1, 0.15) is 6.04 Å². The van der Waals surface area contributed by atoms with Crippen molar-refractivity contribution in [2.45, 2.75) is 32.2 Å². The molecule has 1 saturated heterocycles. The van der Waals surface area contributed by atoms with Gasteiger partial charge in [0.2, 0.25) is 0 Å². The molecule has 0 radical (unpaired) electrons. The van der Waals surface area contributed by atoms with Crippen molar-refractivity contribution in [1.82, 2.24) is 4.90 Å². The summed E-state index contributed by atoms with van der Waals surface area (Å²) in [6.07, 6.45) is 3.39. The Morgan fingerprint density at radius 2 is 2.00 bits per heavy atom. The lowest BCUT2D eigenvalue weighted by Crippen LogP contribution is -2.35. The fraction of sp³-hybridized carbons (Fsp3) is 0.533. The molecule has 18 heavy (non-hydrogen) atoms. The van der Waals surface area contributed by atoms with Crippen molar-refractivity contribution in [3.05, 3.63) is 35.9 Å². The quantitative estimate of drug-likeness (QED) is 0.892. The van der Waals surface area contributed by atoms with E-state index in [1.165, 1.54) is 6.42 Å². The summed E-state index contributed by atoms with van der Waals surface area (Å²) < 4.78 is 0. The van der Waals surface area contributed by atoms with Gasteiger partial charge in [-0.25, -0.2) is 0 Å². The topological polar surface area (TPSA) is 40.5 Å². The fourth-order valence-corrected chi connectivity index (χ4v) is 2.69. The highest BCUT2D eigenvalue weighted by atomic mass is 16.4. The third kappa shape index (κ3) is 3.10. The highest BCUT2D eigenvalue weighted by molar-refractivity contribution is 5.75. The van der Waals surface area contributed by atoms with Crippen LogP contribution in [0.1, 0.15) is 37.8 Å². The maximum atomic E-state index is 11.6. The summed E-state index contributed by atoms with van der Waals surface area (Å²) in [7, 11) is 0. The second kappa shape index (κ2) is 6.01. The summed E-state index contributed by atoms with van der Waals surface area (Å²) in [5.41, 5.74) is 0.888. The summed E-state index contributed by atoms with van der Waals surface area (Å²) in [5, 5.41) is 9.50. The van der Waals surface area contributed by atoms with Crippen LogP contribution >= 0.6 is 0 Å². The minimum Gasteiger partial charge on any atom is -0.480 e. The molecule has 1 heterocycles. The van der Waals surface area contributed by atoms with Gasteiger partial charge in [0, 0.05) is 0 Å². The van der Waals surface area contributed by atoms with Crippen molar-refractivity contribution < 1.29 is 9.90 Å². The predicted molar refractivity (Wildman–Crippen MR) is 71.4 cm³/mol. The summed E-state index contributed by atoms with van der Waals surface area (Å²) in [4.78, 5) is 13.7. The van der Waals surface area contributed by atoms with Gasteiger partial charge in [-0.2, -0.15) is 0 Å². The minimum absolute atomic E-state index is 0.489. The van der Waals surface area contributed by atoms with Crippen LogP contribution in [-0.2, 0) is 4.79 Å². The third-order valence-electron chi connectivity index (χ3n) is 3.77. The molecule has 1 aliphatic rings. The molecule has 0 amide bonds. The summed E-state index contributed by atoms with van der Waals surface area (Å²) in [5.74, 6) is -0.0315. The monoisotopic (exact) mass is 247 g/mol. The average molecular weight is 247 g/mol. The van der Waals surface area contributed by atoms with E-state index in [0.717, 1.165) is 31.5 Å². The van der Waals surface area contributed by atoms with E-state index in [1.54, 1.807) is 0 Å². The van der Waals surface area contributed by atoms with Crippen molar-refractivity contribution in [1.29, 1.82) is 0 Å². The molecule has 0 aromatic heterocycles. The van der Waals surface area contributed by atoms with Crippen molar-refractivity contribution >= 4 is 5.97 Å². The maximum Gasteiger partial charge on any atom is 0.325 e. The number of likely N-dealkylation sites (tertiary alicyclic amines) is 1. The average Bonchev–Trinajstić information content (AvgIpc) is 2.56. The van der Waals surface area contributed by atoms with Gasteiger partial charge in [-0.15, -0.1) is 0 Å². The SMILES string of the molecule is CC1CCCN(C(C(=O)O)c2ccccc2)CC1. The van der Waals surface area contributed by atoms with Crippen LogP contribution in [0.25, 0.3) is 0 Å². The lowest BCUT2D eigenvalue weighted by Gasteiger charge is -2.27. The minimum atomic E-state index is -0.740. The molecule has 1 aromatic carbocycles. The standard InChI is InChI=1S/C15H21NO2/c1-12-6-5-10-16(11-9-12)14(15(17)18)13-7-3-2-4-8-13/h2-4,7-8,12,14H,5-6,9-11H2,1H3,(H,17,18). The van der Waals surface area contributed by atoms with E-state index in [1.807, 2.05) is 30.3 Å². The maximum absolute atomic E-state index is 11.6. The highest BCUT2D eigenvalue weighted by Crippen LogP contribution is 2.26. The van der Waals surface area contributed by atoms with Gasteiger partial charge in [0.15, 0.2) is 0 Å². The van der Waals surface area contributed by atoms with E-state index >= 15 is 0 Å². The number of rotatable bonds is 3. The number of carboxylic acids is 1. The van der Waals surface area contributed by atoms with Crippen molar-refractivity contribution in [2.75, 3.05) is 13.1 Å². The van der Waals surface area contributed by atoms with Gasteiger partial charge in [-0.05, 0) is 43.8 Å². The number of hydrogen-bond acceptors (Lipinski definition) is 2. The molecule has 1 aromatic rings. The molecule has 0 bridgehead atoms. The summed E-state index contributed by atoms with van der Waals surface area (Å²) >= 11 is 0. The zero-order valence-corrected chi connectivity index (χ0v) is 10.9. The Morgan fingerprint density at radius 1 is 1.28 bits per heavy atom. The molecule has 2 rings (SSSR count). The van der Waals surface area contributed by atoms with Crippen molar-refractivity contribution in [2.24, 2.45) is 5.92 Å². The molecule has 0 aliphatic carbocycles. The third-order valence-corrected chi connectivity index (χ3v) is 3.77. The summed E-state index contributed by atoms with van der Waals surface area (Å²) in [6, 6.07) is 9.07. The Morgan fingerprint density at radius 3 is 2.67 bits per heavy atom. The number of aliphatic carboxylic acids is 1. The van der Waals surface area contributed by atoms with Gasteiger partial charge < -0.3 is 5.11 Å². The van der Waals surface area contributed by atoms with Gasteiger partial charge in [-0.3, -0.25) is 9.69 Å². The number of hydrogen-bond donors (Lipinski definition) is 1. The van der Waals surface area contributed by atoms with Gasteiger partial charge in [-0.1, -0.05) is 37.3 Å². The number of benzene rings is 1. The molecule has 98 valence electrons. The number of carboxylic acid groups (broad SMARTS) is 1. The first-order valence-electron chi connectivity index (χ1n) is 6.70. The van der Waals surface area contributed by atoms with E-state index in [2.05, 4.69) is 11.8 Å².